The number of fused-ring (bicyclic) bond motifs is 1. The minimum atomic E-state index is -4.82. The van der Waals surface area contributed by atoms with Crippen molar-refractivity contribution < 1.29 is 23.1 Å². The molecule has 1 aliphatic rings. The van der Waals surface area contributed by atoms with E-state index in [0.29, 0.717) is 28.6 Å². The second kappa shape index (κ2) is 9.47. The van der Waals surface area contributed by atoms with Gasteiger partial charge in [0.05, 0.1) is 28.0 Å². The van der Waals surface area contributed by atoms with Crippen molar-refractivity contribution in [2.24, 2.45) is 0 Å². The van der Waals surface area contributed by atoms with Gasteiger partial charge in [-0.3, -0.25) is 9.36 Å². The van der Waals surface area contributed by atoms with Crippen molar-refractivity contribution in [1.29, 1.82) is 0 Å². The molecule has 0 saturated carbocycles. The van der Waals surface area contributed by atoms with Crippen molar-refractivity contribution in [3.63, 3.8) is 0 Å². The van der Waals surface area contributed by atoms with E-state index < -0.39 is 23.3 Å². The Morgan fingerprint density at radius 3 is 2.61 bits per heavy atom. The highest BCUT2D eigenvalue weighted by atomic mass is 19.4. The number of nitrogens with zero attached hydrogens (tertiary/aromatic N) is 5. The molecule has 4 heterocycles. The van der Waals surface area contributed by atoms with Crippen LogP contribution in [0, 0.1) is 6.92 Å². The van der Waals surface area contributed by atoms with Crippen LogP contribution in [0.2, 0.25) is 0 Å². The molecule has 192 valence electrons. The number of benzene rings is 1. The van der Waals surface area contributed by atoms with E-state index in [4.69, 9.17) is 0 Å². The fourth-order valence-electron chi connectivity index (χ4n) is 3.94. The lowest BCUT2D eigenvalue weighted by atomic mass is 9.97. The number of aliphatic hydroxyl groups excluding tert-OH is 1. The Bertz CT molecular complexity index is 1650. The molecule has 0 bridgehead atoms. The predicted molar refractivity (Wildman–Crippen MR) is 135 cm³/mol. The first-order valence-corrected chi connectivity index (χ1v) is 11.3. The molecule has 5 rings (SSSR count). The summed E-state index contributed by atoms with van der Waals surface area (Å²) >= 11 is 0. The minimum Gasteiger partial charge on any atom is -0.506 e. The van der Waals surface area contributed by atoms with Crippen molar-refractivity contribution in [3.8, 4) is 5.82 Å². The van der Waals surface area contributed by atoms with Gasteiger partial charge in [-0.25, -0.2) is 9.97 Å². The van der Waals surface area contributed by atoms with E-state index in [0.717, 1.165) is 18.1 Å². The number of rotatable bonds is 5. The third-order valence-corrected chi connectivity index (χ3v) is 5.73. The number of anilines is 2. The fourth-order valence-corrected chi connectivity index (χ4v) is 3.94. The molecule has 0 radical (unpaired) electrons. The Kier molecular flexibility index (Phi) is 6.15. The van der Waals surface area contributed by atoms with E-state index >= 15 is 0 Å². The van der Waals surface area contributed by atoms with E-state index in [-0.39, 0.29) is 22.6 Å². The summed E-state index contributed by atoms with van der Waals surface area (Å²) in [6.07, 6.45) is -0.679. The quantitative estimate of drug-likeness (QED) is 0.304. The third kappa shape index (κ3) is 4.83. The van der Waals surface area contributed by atoms with Gasteiger partial charge in [0.1, 0.15) is 17.9 Å². The maximum Gasteiger partial charge on any atom is 0.417 e. The van der Waals surface area contributed by atoms with E-state index in [1.165, 1.54) is 25.4 Å². The molecule has 3 N–H and O–H groups in total. The number of hydrogen-bond donors (Lipinski definition) is 3. The molecule has 1 aliphatic heterocycles. The predicted octanol–water partition coefficient (Wildman–Crippen LogP) is 5.30. The number of nitrogens with one attached hydrogen (secondary N) is 2. The number of allylic oxidation sites excluding steroid dienone is 3. The Balaban J connectivity index is 1.57. The topological polar surface area (TPSA) is 118 Å². The number of aromatic nitrogens is 5. The number of carbonyl (C=O) groups excluding carboxylic acids is 1. The van der Waals surface area contributed by atoms with Gasteiger partial charge in [-0.15, -0.1) is 5.10 Å². The molecular formula is C26H20F3N7O2. The summed E-state index contributed by atoms with van der Waals surface area (Å²) in [6, 6.07) is 11.9. The number of aryl methyl sites for hydroxylation is 1. The summed E-state index contributed by atoms with van der Waals surface area (Å²) in [4.78, 5) is 21.2. The Labute approximate surface area is 214 Å². The van der Waals surface area contributed by atoms with Gasteiger partial charge in [-0.1, -0.05) is 0 Å². The highest BCUT2D eigenvalue weighted by Gasteiger charge is 2.38. The third-order valence-electron chi connectivity index (χ3n) is 5.73. The maximum atomic E-state index is 13.9. The molecule has 0 unspecified atom stereocenters. The van der Waals surface area contributed by atoms with Crippen molar-refractivity contribution in [3.05, 3.63) is 95.6 Å². The van der Waals surface area contributed by atoms with Crippen LogP contribution in [-0.4, -0.2) is 41.8 Å². The second-order valence-electron chi connectivity index (χ2n) is 8.47. The number of halogens is 3. The van der Waals surface area contributed by atoms with E-state index in [1.807, 2.05) is 13.0 Å². The highest BCUT2D eigenvalue weighted by Crippen LogP contribution is 2.38. The van der Waals surface area contributed by atoms with Gasteiger partial charge in [0.25, 0.3) is 0 Å². The Hall–Kier alpha value is -5.00. The number of imidazole rings is 1. The molecule has 12 heteroatoms. The number of hydrogen-bond acceptors (Lipinski definition) is 8. The van der Waals surface area contributed by atoms with Crippen LogP contribution < -0.4 is 10.6 Å². The van der Waals surface area contributed by atoms with Crippen LogP contribution in [0.5, 0.6) is 0 Å². The molecule has 1 aromatic carbocycles. The SMILES string of the molecule is CC(=O)c1ccc(-n2cnc3cc(Nc4ccc(C)nn4)ccc32)nc1C1=CNC=C(O)C=C1C(F)(F)F. The van der Waals surface area contributed by atoms with Gasteiger partial charge < -0.3 is 15.7 Å². The summed E-state index contributed by atoms with van der Waals surface area (Å²) in [5.41, 5.74) is 1.000. The van der Waals surface area contributed by atoms with Gasteiger partial charge in [-0.05, 0) is 62.4 Å². The maximum absolute atomic E-state index is 13.9. The van der Waals surface area contributed by atoms with Gasteiger partial charge >= 0.3 is 6.18 Å². The van der Waals surface area contributed by atoms with Crippen LogP contribution in [0.15, 0.2) is 78.6 Å². The van der Waals surface area contributed by atoms with Crippen LogP contribution in [0.25, 0.3) is 22.4 Å². The average molecular weight is 519 g/mol. The molecule has 0 aliphatic carbocycles. The number of aliphatic hydroxyl groups is 1. The summed E-state index contributed by atoms with van der Waals surface area (Å²) < 4.78 is 43.4. The monoisotopic (exact) mass is 519 g/mol. The number of pyridine rings is 1. The van der Waals surface area contributed by atoms with Gasteiger partial charge in [0.2, 0.25) is 0 Å². The number of alkyl halides is 3. The summed E-state index contributed by atoms with van der Waals surface area (Å²) in [7, 11) is 0. The summed E-state index contributed by atoms with van der Waals surface area (Å²) in [5, 5.41) is 23.5. The molecular weight excluding hydrogens is 499 g/mol. The zero-order valence-corrected chi connectivity index (χ0v) is 20.1. The first-order chi connectivity index (χ1) is 18.1. The molecule has 0 spiro atoms. The van der Waals surface area contributed by atoms with Crippen molar-refractivity contribution in [2.75, 3.05) is 5.32 Å². The standard InChI is InChI=1S/C26H20F3N7O2/c1-14-3-7-23(35-34-14)32-16-4-6-22-21(9-16)31-13-36(22)24-8-5-18(15(2)37)25(33-24)19-12-30-11-17(38)10-20(19)26(27,28)29/h3-13,30,38H,1-2H3,(H,32,35). The minimum absolute atomic E-state index is 0.00606. The molecule has 38 heavy (non-hydrogen) atoms. The Morgan fingerprint density at radius 2 is 1.89 bits per heavy atom. The van der Waals surface area contributed by atoms with Crippen LogP contribution in [-0.2, 0) is 0 Å². The van der Waals surface area contributed by atoms with Crippen molar-refractivity contribution in [1.82, 2.24) is 30.0 Å². The normalized spacial score (nSPS) is 13.8. The zero-order chi connectivity index (χ0) is 27.0. The number of ketones is 1. The molecule has 3 aromatic heterocycles. The van der Waals surface area contributed by atoms with Gasteiger partial charge in [0, 0.05) is 29.2 Å². The number of carbonyl (C=O) groups is 1. The molecule has 0 amide bonds. The smallest absolute Gasteiger partial charge is 0.417 e. The Morgan fingerprint density at radius 1 is 1.08 bits per heavy atom. The first-order valence-electron chi connectivity index (χ1n) is 11.3. The lowest BCUT2D eigenvalue weighted by molar-refractivity contribution is -0.0873. The molecule has 0 atom stereocenters. The van der Waals surface area contributed by atoms with Gasteiger partial charge in [0.15, 0.2) is 11.6 Å². The van der Waals surface area contributed by atoms with Gasteiger partial charge in [-0.2, -0.15) is 18.3 Å². The fraction of sp³-hybridized carbons (Fsp3) is 0.115. The molecule has 0 fully saturated rings. The largest absolute Gasteiger partial charge is 0.506 e. The second-order valence-corrected chi connectivity index (χ2v) is 8.47. The van der Waals surface area contributed by atoms with E-state index in [2.05, 4.69) is 30.8 Å². The van der Waals surface area contributed by atoms with Crippen LogP contribution >= 0.6 is 0 Å². The average Bonchev–Trinajstić information content (AvgIpc) is 3.18. The number of Topliss-reactive ketones (excluding diaryl/α,β-unsaturated/α-hetero) is 1. The zero-order valence-electron chi connectivity index (χ0n) is 20.1. The van der Waals surface area contributed by atoms with Crippen molar-refractivity contribution >= 4 is 33.9 Å². The van der Waals surface area contributed by atoms with Crippen molar-refractivity contribution in [2.45, 2.75) is 20.0 Å². The summed E-state index contributed by atoms with van der Waals surface area (Å²) in [6.45, 7) is 3.08. The van der Waals surface area contributed by atoms with E-state index in [9.17, 15) is 23.1 Å². The molecule has 0 saturated heterocycles. The first kappa shape index (κ1) is 24.7. The highest BCUT2D eigenvalue weighted by molar-refractivity contribution is 6.00. The molecule has 4 aromatic rings. The summed E-state index contributed by atoms with van der Waals surface area (Å²) in [5.74, 6) is -0.277. The van der Waals surface area contributed by atoms with Crippen LogP contribution in [0.1, 0.15) is 28.7 Å². The lowest BCUT2D eigenvalue weighted by Crippen LogP contribution is -2.17. The van der Waals surface area contributed by atoms with Crippen LogP contribution in [0.3, 0.4) is 0 Å². The molecule has 9 nitrogen and oxygen atoms in total. The van der Waals surface area contributed by atoms with Crippen LogP contribution in [0.4, 0.5) is 24.7 Å². The van der Waals surface area contributed by atoms with E-state index in [1.54, 1.807) is 28.8 Å². The lowest BCUT2D eigenvalue weighted by Gasteiger charge is -2.17.